The molecule has 0 aliphatic carbocycles. The first-order chi connectivity index (χ1) is 8.67. The Kier molecular flexibility index (Phi) is 6.57. The van der Waals surface area contributed by atoms with Crippen LogP contribution in [0, 0.1) is 5.92 Å². The van der Waals surface area contributed by atoms with Crippen LogP contribution < -0.4 is 10.1 Å². The summed E-state index contributed by atoms with van der Waals surface area (Å²) < 4.78 is 5.05. The highest BCUT2D eigenvalue weighted by Gasteiger charge is 2.11. The Bertz CT molecular complexity index is 385. The molecule has 1 rings (SSSR count). The number of ether oxygens (including phenoxy) is 1. The van der Waals surface area contributed by atoms with Crippen LogP contribution in [0.2, 0.25) is 0 Å². The molecule has 1 amide bonds. The number of pyridine rings is 1. The van der Waals surface area contributed by atoms with Gasteiger partial charge in [0.1, 0.15) is 0 Å². The van der Waals surface area contributed by atoms with E-state index in [9.17, 15) is 4.79 Å². The van der Waals surface area contributed by atoms with E-state index in [4.69, 9.17) is 4.74 Å². The molecule has 1 heterocycles. The minimum absolute atomic E-state index is 0.0540. The van der Waals surface area contributed by atoms with Crippen LogP contribution in [0.15, 0.2) is 18.2 Å². The number of rotatable bonds is 7. The van der Waals surface area contributed by atoms with Crippen molar-refractivity contribution in [2.24, 2.45) is 5.92 Å². The van der Waals surface area contributed by atoms with Crippen LogP contribution in [-0.2, 0) is 11.2 Å². The third kappa shape index (κ3) is 4.96. The molecule has 1 unspecified atom stereocenters. The van der Waals surface area contributed by atoms with Crippen molar-refractivity contribution in [1.82, 2.24) is 10.3 Å². The van der Waals surface area contributed by atoms with Crippen LogP contribution in [0.3, 0.4) is 0 Å². The first kappa shape index (κ1) is 14.8. The van der Waals surface area contributed by atoms with Crippen LogP contribution in [0.25, 0.3) is 0 Å². The molecule has 5 heteroatoms. The summed E-state index contributed by atoms with van der Waals surface area (Å²) in [6.45, 7) is 2.55. The number of nitrogens with zero attached hydrogens (tertiary/aromatic N) is 1. The third-order valence-corrected chi connectivity index (χ3v) is 3.37. The number of hydrogen-bond acceptors (Lipinski definition) is 4. The van der Waals surface area contributed by atoms with E-state index in [1.165, 1.54) is 0 Å². The standard InChI is InChI=1S/C13H20N2O2S/c1-10(9-18-3)13(16)14-8-7-11-5-4-6-12(15-11)17-2/h4-6,10H,7-9H2,1-3H3,(H,14,16). The second-order valence-electron chi connectivity index (χ2n) is 4.07. The Morgan fingerprint density at radius 3 is 3.00 bits per heavy atom. The molecular weight excluding hydrogens is 248 g/mol. The number of thioether (sulfide) groups is 1. The van der Waals surface area contributed by atoms with Gasteiger partial charge >= 0.3 is 0 Å². The smallest absolute Gasteiger partial charge is 0.223 e. The van der Waals surface area contributed by atoms with E-state index >= 15 is 0 Å². The molecule has 0 aliphatic rings. The molecular formula is C13H20N2O2S. The molecule has 18 heavy (non-hydrogen) atoms. The van der Waals surface area contributed by atoms with E-state index in [1.807, 2.05) is 31.4 Å². The van der Waals surface area contributed by atoms with Crippen molar-refractivity contribution in [2.75, 3.05) is 25.7 Å². The summed E-state index contributed by atoms with van der Waals surface area (Å²) in [5.74, 6) is 1.61. The predicted octanol–water partition coefficient (Wildman–Crippen LogP) is 1.75. The van der Waals surface area contributed by atoms with Crippen molar-refractivity contribution in [1.29, 1.82) is 0 Å². The highest BCUT2D eigenvalue weighted by atomic mass is 32.2. The lowest BCUT2D eigenvalue weighted by Crippen LogP contribution is -2.32. The number of aromatic nitrogens is 1. The van der Waals surface area contributed by atoms with Crippen LogP contribution in [0.4, 0.5) is 0 Å². The molecule has 0 spiro atoms. The molecule has 0 radical (unpaired) electrons. The Balaban J connectivity index is 2.34. The molecule has 0 aliphatic heterocycles. The average molecular weight is 268 g/mol. The normalized spacial score (nSPS) is 11.9. The maximum absolute atomic E-state index is 11.7. The predicted molar refractivity (Wildman–Crippen MR) is 75.0 cm³/mol. The molecule has 1 aromatic rings. The Morgan fingerprint density at radius 2 is 2.33 bits per heavy atom. The summed E-state index contributed by atoms with van der Waals surface area (Å²) in [4.78, 5) is 16.0. The van der Waals surface area contributed by atoms with E-state index in [0.29, 0.717) is 12.4 Å². The highest BCUT2D eigenvalue weighted by Crippen LogP contribution is 2.07. The molecule has 1 N–H and O–H groups in total. The number of hydrogen-bond donors (Lipinski definition) is 1. The fourth-order valence-corrected chi connectivity index (χ4v) is 2.18. The second-order valence-corrected chi connectivity index (χ2v) is 4.98. The van der Waals surface area contributed by atoms with Gasteiger partial charge in [0.2, 0.25) is 11.8 Å². The fourth-order valence-electron chi connectivity index (χ4n) is 1.52. The zero-order chi connectivity index (χ0) is 13.4. The maximum Gasteiger partial charge on any atom is 0.223 e. The maximum atomic E-state index is 11.7. The number of methoxy groups -OCH3 is 1. The van der Waals surface area contributed by atoms with Gasteiger partial charge in [0.05, 0.1) is 7.11 Å². The fraction of sp³-hybridized carbons (Fsp3) is 0.538. The third-order valence-electron chi connectivity index (χ3n) is 2.53. The van der Waals surface area contributed by atoms with E-state index in [0.717, 1.165) is 17.9 Å². The summed E-state index contributed by atoms with van der Waals surface area (Å²) in [6, 6.07) is 5.64. The van der Waals surface area contributed by atoms with Gasteiger partial charge in [-0.05, 0) is 12.3 Å². The monoisotopic (exact) mass is 268 g/mol. The lowest BCUT2D eigenvalue weighted by atomic mass is 10.2. The average Bonchev–Trinajstić information content (AvgIpc) is 2.39. The van der Waals surface area contributed by atoms with Crippen LogP contribution in [0.1, 0.15) is 12.6 Å². The second kappa shape index (κ2) is 7.97. The minimum atomic E-state index is 0.0540. The lowest BCUT2D eigenvalue weighted by molar-refractivity contribution is -0.123. The molecule has 4 nitrogen and oxygen atoms in total. The van der Waals surface area contributed by atoms with Crippen molar-refractivity contribution in [3.8, 4) is 5.88 Å². The molecule has 0 aromatic carbocycles. The summed E-state index contributed by atoms with van der Waals surface area (Å²) in [7, 11) is 1.60. The van der Waals surface area contributed by atoms with Crippen molar-refractivity contribution < 1.29 is 9.53 Å². The Labute approximate surface area is 113 Å². The molecule has 1 aromatic heterocycles. The quantitative estimate of drug-likeness (QED) is 0.818. The van der Waals surface area contributed by atoms with Crippen LogP contribution in [-0.4, -0.2) is 36.6 Å². The topological polar surface area (TPSA) is 51.2 Å². The zero-order valence-electron chi connectivity index (χ0n) is 11.1. The van der Waals surface area contributed by atoms with Crippen molar-refractivity contribution in [3.63, 3.8) is 0 Å². The number of carbonyl (C=O) groups excluding carboxylic acids is 1. The van der Waals surface area contributed by atoms with Gasteiger partial charge in [0.25, 0.3) is 0 Å². The Hall–Kier alpha value is -1.23. The summed E-state index contributed by atoms with van der Waals surface area (Å²) in [6.07, 6.45) is 2.72. The highest BCUT2D eigenvalue weighted by molar-refractivity contribution is 7.98. The molecule has 0 fully saturated rings. The minimum Gasteiger partial charge on any atom is -0.481 e. The van der Waals surface area contributed by atoms with Crippen LogP contribution >= 0.6 is 11.8 Å². The van der Waals surface area contributed by atoms with Crippen molar-refractivity contribution >= 4 is 17.7 Å². The first-order valence-corrected chi connectivity index (χ1v) is 7.33. The number of carbonyl (C=O) groups is 1. The van der Waals surface area contributed by atoms with Gasteiger partial charge < -0.3 is 10.1 Å². The van der Waals surface area contributed by atoms with Crippen LogP contribution in [0.5, 0.6) is 5.88 Å². The van der Waals surface area contributed by atoms with Gasteiger partial charge in [-0.25, -0.2) is 4.98 Å². The van der Waals surface area contributed by atoms with E-state index < -0.39 is 0 Å². The zero-order valence-corrected chi connectivity index (χ0v) is 11.9. The van der Waals surface area contributed by atoms with Crippen molar-refractivity contribution in [3.05, 3.63) is 23.9 Å². The molecule has 0 bridgehead atoms. The first-order valence-electron chi connectivity index (χ1n) is 5.94. The number of amides is 1. The van der Waals surface area contributed by atoms with Gasteiger partial charge in [-0.3, -0.25) is 4.79 Å². The largest absolute Gasteiger partial charge is 0.481 e. The van der Waals surface area contributed by atoms with E-state index in [2.05, 4.69) is 10.3 Å². The Morgan fingerprint density at radius 1 is 1.56 bits per heavy atom. The molecule has 0 saturated carbocycles. The number of nitrogens with one attached hydrogen (secondary N) is 1. The summed E-state index contributed by atoms with van der Waals surface area (Å²) in [5.41, 5.74) is 0.923. The van der Waals surface area contributed by atoms with Crippen molar-refractivity contribution in [2.45, 2.75) is 13.3 Å². The van der Waals surface area contributed by atoms with Gasteiger partial charge in [0, 0.05) is 36.4 Å². The molecule has 1 atom stereocenters. The molecule has 100 valence electrons. The van der Waals surface area contributed by atoms with Gasteiger partial charge in [0.15, 0.2) is 0 Å². The van der Waals surface area contributed by atoms with Gasteiger partial charge in [-0.15, -0.1) is 0 Å². The van der Waals surface area contributed by atoms with Gasteiger partial charge in [-0.2, -0.15) is 11.8 Å². The summed E-state index contributed by atoms with van der Waals surface area (Å²) >= 11 is 1.68. The summed E-state index contributed by atoms with van der Waals surface area (Å²) in [5, 5.41) is 2.92. The SMILES string of the molecule is COc1cccc(CCNC(=O)C(C)CSC)n1. The van der Waals surface area contributed by atoms with E-state index in [1.54, 1.807) is 18.9 Å². The lowest BCUT2D eigenvalue weighted by Gasteiger charge is -2.10. The molecule has 0 saturated heterocycles. The van der Waals surface area contributed by atoms with Gasteiger partial charge in [-0.1, -0.05) is 13.0 Å². The van der Waals surface area contributed by atoms with E-state index in [-0.39, 0.29) is 11.8 Å².